The van der Waals surface area contributed by atoms with Crippen LogP contribution in [0.25, 0.3) is 11.0 Å². The molecule has 0 radical (unpaired) electrons. The molecule has 3 heterocycles. The lowest BCUT2D eigenvalue weighted by Crippen LogP contribution is -2.50. The van der Waals surface area contributed by atoms with E-state index in [0.717, 1.165) is 59.1 Å². The molecule has 1 aliphatic heterocycles. The fraction of sp³-hybridized carbons (Fsp3) is 0.591. The summed E-state index contributed by atoms with van der Waals surface area (Å²) in [6, 6.07) is 0.0298. The number of likely N-dealkylation sites (N-methyl/N-ethyl adjacent to an activating group) is 1. The molecule has 0 spiro atoms. The Morgan fingerprint density at radius 3 is 2.74 bits per heavy atom. The number of nitrogens with zero attached hydrogens (tertiary/aromatic N) is 3. The normalized spacial score (nSPS) is 19.4. The van der Waals surface area contributed by atoms with E-state index in [1.54, 1.807) is 18.1 Å². The molecule has 2 N–H and O–H groups in total. The second kappa shape index (κ2) is 8.33. The highest BCUT2D eigenvalue weighted by Gasteiger charge is 2.33. The molecule has 8 nitrogen and oxygen atoms in total. The number of halogens is 1. The Hall–Kier alpha value is -2.29. The number of amides is 2. The predicted octanol–water partition coefficient (Wildman–Crippen LogP) is 4.51. The zero-order chi connectivity index (χ0) is 22.3. The van der Waals surface area contributed by atoms with Gasteiger partial charge in [0.1, 0.15) is 11.2 Å². The number of piperidine rings is 1. The summed E-state index contributed by atoms with van der Waals surface area (Å²) in [5, 5.41) is 3.96. The molecule has 2 amide bonds. The molecule has 1 saturated carbocycles. The molecule has 9 heteroatoms. The number of fused-ring (bicyclic) bond motifs is 1. The first-order valence-electron chi connectivity index (χ1n) is 10.8. The van der Waals surface area contributed by atoms with Crippen molar-refractivity contribution >= 4 is 50.3 Å². The summed E-state index contributed by atoms with van der Waals surface area (Å²) in [7, 11) is 1.80. The Balaban J connectivity index is 1.60. The lowest BCUT2D eigenvalue weighted by Gasteiger charge is -2.39. The third kappa shape index (κ3) is 4.81. The van der Waals surface area contributed by atoms with Gasteiger partial charge >= 0.3 is 6.09 Å². The van der Waals surface area contributed by atoms with Gasteiger partial charge in [0.05, 0.1) is 27.3 Å². The van der Waals surface area contributed by atoms with Crippen molar-refractivity contribution in [1.82, 2.24) is 14.9 Å². The summed E-state index contributed by atoms with van der Waals surface area (Å²) in [4.78, 5) is 36.6. The van der Waals surface area contributed by atoms with Gasteiger partial charge in [-0.1, -0.05) is 0 Å². The number of aromatic amines is 1. The third-order valence-corrected chi connectivity index (χ3v) is 6.36. The van der Waals surface area contributed by atoms with Crippen LogP contribution in [0.4, 0.5) is 16.2 Å². The van der Waals surface area contributed by atoms with Crippen LogP contribution in [0, 0.1) is 5.92 Å². The van der Waals surface area contributed by atoms with Crippen LogP contribution >= 0.6 is 15.9 Å². The minimum atomic E-state index is -0.528. The van der Waals surface area contributed by atoms with Crippen molar-refractivity contribution in [3.8, 4) is 0 Å². The summed E-state index contributed by atoms with van der Waals surface area (Å²) < 4.78 is 6.43. The van der Waals surface area contributed by atoms with Crippen molar-refractivity contribution < 1.29 is 14.3 Å². The summed E-state index contributed by atoms with van der Waals surface area (Å²) in [5.74, 6) is 0.184. The molecular weight excluding hydrogens is 462 g/mol. The number of carbonyl (C=O) groups is 2. The summed E-state index contributed by atoms with van der Waals surface area (Å²) in [5.41, 5.74) is 1.93. The lowest BCUT2D eigenvalue weighted by molar-refractivity contribution is -0.117. The molecule has 2 aromatic heterocycles. The van der Waals surface area contributed by atoms with Gasteiger partial charge in [0.25, 0.3) is 0 Å². The van der Waals surface area contributed by atoms with E-state index in [4.69, 9.17) is 4.74 Å². The zero-order valence-electron chi connectivity index (χ0n) is 18.5. The van der Waals surface area contributed by atoms with Gasteiger partial charge in [-0.25, -0.2) is 9.78 Å². The van der Waals surface area contributed by atoms with Crippen molar-refractivity contribution in [2.24, 2.45) is 5.92 Å². The van der Waals surface area contributed by atoms with E-state index in [9.17, 15) is 9.59 Å². The molecule has 1 saturated heterocycles. The van der Waals surface area contributed by atoms with E-state index >= 15 is 0 Å². The van der Waals surface area contributed by atoms with Crippen LogP contribution in [0.1, 0.15) is 46.5 Å². The molecule has 1 atom stereocenters. The molecule has 0 bridgehead atoms. The average Bonchev–Trinajstić information content (AvgIpc) is 3.49. The fourth-order valence-electron chi connectivity index (χ4n) is 4.00. The fourth-order valence-corrected chi connectivity index (χ4v) is 4.55. The quantitative estimate of drug-likeness (QED) is 0.656. The van der Waals surface area contributed by atoms with Gasteiger partial charge in [0, 0.05) is 38.4 Å². The van der Waals surface area contributed by atoms with Crippen molar-refractivity contribution in [3.63, 3.8) is 0 Å². The van der Waals surface area contributed by atoms with Gasteiger partial charge in [-0.2, -0.15) is 0 Å². The van der Waals surface area contributed by atoms with E-state index in [1.165, 1.54) is 0 Å². The Bertz CT molecular complexity index is 995. The zero-order valence-corrected chi connectivity index (χ0v) is 20.1. The Labute approximate surface area is 190 Å². The highest BCUT2D eigenvalue weighted by Crippen LogP contribution is 2.40. The lowest BCUT2D eigenvalue weighted by atomic mass is 10.0. The third-order valence-electron chi connectivity index (χ3n) is 5.78. The molecule has 2 fully saturated rings. The minimum Gasteiger partial charge on any atom is -0.444 e. The Morgan fingerprint density at radius 1 is 1.32 bits per heavy atom. The summed E-state index contributed by atoms with van der Waals surface area (Å²) >= 11 is 3.67. The first-order chi connectivity index (χ1) is 14.6. The number of carbonyl (C=O) groups excluding carboxylic acids is 2. The Kier molecular flexibility index (Phi) is 5.89. The molecule has 4 rings (SSSR count). The van der Waals surface area contributed by atoms with Crippen molar-refractivity contribution in [2.75, 3.05) is 30.4 Å². The second-order valence-electron chi connectivity index (χ2n) is 9.48. The van der Waals surface area contributed by atoms with E-state index in [-0.39, 0.29) is 24.0 Å². The maximum absolute atomic E-state index is 12.6. The van der Waals surface area contributed by atoms with Crippen LogP contribution in [0.3, 0.4) is 0 Å². The summed E-state index contributed by atoms with van der Waals surface area (Å²) in [6.07, 6.45) is 7.04. The Morgan fingerprint density at radius 2 is 2.06 bits per heavy atom. The number of aromatic nitrogens is 2. The predicted molar refractivity (Wildman–Crippen MR) is 124 cm³/mol. The van der Waals surface area contributed by atoms with Crippen LogP contribution < -0.4 is 10.2 Å². The molecule has 1 aliphatic carbocycles. The van der Waals surface area contributed by atoms with Crippen LogP contribution in [-0.2, 0) is 9.53 Å². The number of H-pyrrole nitrogens is 1. The maximum atomic E-state index is 12.6. The van der Waals surface area contributed by atoms with Crippen molar-refractivity contribution in [2.45, 2.75) is 58.1 Å². The van der Waals surface area contributed by atoms with Gasteiger partial charge in [-0.15, -0.1) is 0 Å². The van der Waals surface area contributed by atoms with Crippen LogP contribution in [0.15, 0.2) is 16.9 Å². The molecule has 0 aromatic carbocycles. The van der Waals surface area contributed by atoms with Gasteiger partial charge < -0.3 is 24.8 Å². The van der Waals surface area contributed by atoms with Crippen LogP contribution in [0.2, 0.25) is 0 Å². The molecule has 168 valence electrons. The van der Waals surface area contributed by atoms with E-state index in [2.05, 4.69) is 36.1 Å². The van der Waals surface area contributed by atoms with E-state index < -0.39 is 5.60 Å². The highest BCUT2D eigenvalue weighted by molar-refractivity contribution is 9.10. The van der Waals surface area contributed by atoms with E-state index in [1.807, 2.05) is 27.0 Å². The topological polar surface area (TPSA) is 90.6 Å². The van der Waals surface area contributed by atoms with Crippen LogP contribution in [0.5, 0.6) is 0 Å². The average molecular weight is 492 g/mol. The number of nitrogens with one attached hydrogen (secondary N) is 2. The molecular formula is C22H30BrN5O3. The number of pyridine rings is 1. The van der Waals surface area contributed by atoms with Crippen molar-refractivity contribution in [3.05, 3.63) is 16.9 Å². The SMILES string of the molecule is CN(C(=O)OC(C)(C)C)C1CCCN(c2c(Br)cnc3[nH]cc(NC(=O)C4CC4)c23)C1. The van der Waals surface area contributed by atoms with Gasteiger partial charge in [0.2, 0.25) is 5.91 Å². The number of hydrogen-bond acceptors (Lipinski definition) is 5. The molecule has 31 heavy (non-hydrogen) atoms. The number of ether oxygens (including phenoxy) is 1. The van der Waals surface area contributed by atoms with Gasteiger partial charge in [-0.3, -0.25) is 4.79 Å². The standard InChI is InChI=1S/C22H30BrN5O3/c1-22(2,3)31-21(30)27(4)14-6-5-9-28(12-14)18-15(23)10-24-19-17(18)16(11-25-19)26-20(29)13-7-8-13/h10-11,13-14H,5-9,12H2,1-4H3,(H,24,25)(H,26,29). The van der Waals surface area contributed by atoms with E-state index in [0.29, 0.717) is 6.54 Å². The number of hydrogen-bond donors (Lipinski definition) is 2. The first kappa shape index (κ1) is 21.9. The molecule has 2 aliphatic rings. The largest absolute Gasteiger partial charge is 0.444 e. The molecule has 1 unspecified atom stereocenters. The number of rotatable bonds is 4. The smallest absolute Gasteiger partial charge is 0.410 e. The monoisotopic (exact) mass is 491 g/mol. The van der Waals surface area contributed by atoms with Gasteiger partial charge in [0.15, 0.2) is 0 Å². The molecule has 2 aromatic rings. The summed E-state index contributed by atoms with van der Waals surface area (Å²) in [6.45, 7) is 7.16. The maximum Gasteiger partial charge on any atom is 0.410 e. The highest BCUT2D eigenvalue weighted by atomic mass is 79.9. The second-order valence-corrected chi connectivity index (χ2v) is 10.3. The number of anilines is 2. The van der Waals surface area contributed by atoms with Gasteiger partial charge in [-0.05, 0) is 62.4 Å². The van der Waals surface area contributed by atoms with Crippen molar-refractivity contribution in [1.29, 1.82) is 0 Å². The van der Waals surface area contributed by atoms with Crippen LogP contribution in [-0.4, -0.2) is 58.6 Å². The first-order valence-corrected chi connectivity index (χ1v) is 11.6. The minimum absolute atomic E-state index is 0.0298.